The van der Waals surface area contributed by atoms with Gasteiger partial charge in [0, 0.05) is 36.0 Å². The topological polar surface area (TPSA) is 82.3 Å². The predicted octanol–water partition coefficient (Wildman–Crippen LogP) is 2.83. The van der Waals surface area contributed by atoms with Crippen molar-refractivity contribution < 1.29 is 9.59 Å². The minimum Gasteiger partial charge on any atom is -0.325 e. The zero-order chi connectivity index (χ0) is 19.1. The first kappa shape index (κ1) is 17.9. The van der Waals surface area contributed by atoms with Crippen LogP contribution in [0.1, 0.15) is 49.3 Å². The first-order valence-electron chi connectivity index (χ1n) is 8.63. The van der Waals surface area contributed by atoms with Crippen LogP contribution in [0, 0.1) is 0 Å². The number of hydrogen-bond donors (Lipinski definition) is 2. The fraction of sp³-hybridized carbons (Fsp3) is 0.350. The maximum Gasteiger partial charge on any atom is 0.261 e. The van der Waals surface area contributed by atoms with Crippen LogP contribution in [0.2, 0.25) is 0 Å². The van der Waals surface area contributed by atoms with Crippen LogP contribution in [0.25, 0.3) is 0 Å². The fourth-order valence-electron chi connectivity index (χ4n) is 3.10. The van der Waals surface area contributed by atoms with E-state index in [4.69, 9.17) is 0 Å². The van der Waals surface area contributed by atoms with Crippen LogP contribution in [0.4, 0.5) is 11.4 Å². The molecule has 1 aromatic heterocycles. The Morgan fingerprint density at radius 3 is 2.50 bits per heavy atom. The summed E-state index contributed by atoms with van der Waals surface area (Å²) < 4.78 is 0. The van der Waals surface area contributed by atoms with E-state index in [1.54, 1.807) is 23.1 Å². The van der Waals surface area contributed by atoms with Crippen molar-refractivity contribution in [3.63, 3.8) is 0 Å². The summed E-state index contributed by atoms with van der Waals surface area (Å²) in [4.78, 5) is 40.8. The van der Waals surface area contributed by atoms with E-state index in [2.05, 4.69) is 10.3 Å². The Morgan fingerprint density at radius 2 is 1.88 bits per heavy atom. The fourth-order valence-corrected chi connectivity index (χ4v) is 3.10. The minimum absolute atomic E-state index is 0.00556. The summed E-state index contributed by atoms with van der Waals surface area (Å²) in [6, 6.07) is 8.75. The van der Waals surface area contributed by atoms with Gasteiger partial charge in [-0.25, -0.2) is 0 Å². The molecule has 2 heterocycles. The Labute approximate surface area is 152 Å². The van der Waals surface area contributed by atoms with Gasteiger partial charge >= 0.3 is 0 Å². The third kappa shape index (κ3) is 3.40. The van der Waals surface area contributed by atoms with Crippen molar-refractivity contribution in [3.8, 4) is 0 Å². The minimum atomic E-state index is -0.451. The van der Waals surface area contributed by atoms with Crippen molar-refractivity contribution in [2.24, 2.45) is 0 Å². The van der Waals surface area contributed by atoms with Crippen molar-refractivity contribution in [2.45, 2.75) is 39.5 Å². The van der Waals surface area contributed by atoms with E-state index < -0.39 is 11.5 Å². The third-order valence-corrected chi connectivity index (χ3v) is 4.58. The molecule has 1 aliphatic rings. The smallest absolute Gasteiger partial charge is 0.261 e. The monoisotopic (exact) mass is 353 g/mol. The first-order valence-corrected chi connectivity index (χ1v) is 8.63. The number of nitrogens with zero attached hydrogens (tertiary/aromatic N) is 1. The number of carbonyl (C=O) groups excluding carboxylic acids is 2. The molecule has 0 saturated carbocycles. The Kier molecular flexibility index (Phi) is 4.44. The van der Waals surface area contributed by atoms with Gasteiger partial charge in [0.1, 0.15) is 5.56 Å². The van der Waals surface area contributed by atoms with Gasteiger partial charge in [-0.1, -0.05) is 20.8 Å². The second kappa shape index (κ2) is 6.44. The summed E-state index contributed by atoms with van der Waals surface area (Å²) in [6.07, 6.45) is 0.749. The molecule has 6 heteroatoms. The molecule has 0 unspecified atom stereocenters. The quantitative estimate of drug-likeness (QED) is 0.871. The van der Waals surface area contributed by atoms with Gasteiger partial charge < -0.3 is 15.2 Å². The highest BCUT2D eigenvalue weighted by Crippen LogP contribution is 2.30. The van der Waals surface area contributed by atoms with Crippen molar-refractivity contribution in [1.82, 2.24) is 4.98 Å². The molecule has 1 aromatic carbocycles. The molecule has 3 rings (SSSR count). The third-order valence-electron chi connectivity index (χ3n) is 4.58. The maximum atomic E-state index is 12.5. The molecule has 0 aliphatic carbocycles. The lowest BCUT2D eigenvalue weighted by atomic mass is 9.91. The molecule has 0 fully saturated rings. The summed E-state index contributed by atoms with van der Waals surface area (Å²) in [7, 11) is 0. The number of aromatic amines is 1. The Balaban J connectivity index is 1.81. The first-order chi connectivity index (χ1) is 12.2. The molecule has 26 heavy (non-hydrogen) atoms. The van der Waals surface area contributed by atoms with E-state index in [1.165, 1.54) is 6.92 Å². The predicted molar refractivity (Wildman–Crippen MR) is 102 cm³/mol. The summed E-state index contributed by atoms with van der Waals surface area (Å²) >= 11 is 0. The van der Waals surface area contributed by atoms with Gasteiger partial charge in [0.15, 0.2) is 0 Å². The highest BCUT2D eigenvalue weighted by molar-refractivity contribution is 6.04. The van der Waals surface area contributed by atoms with E-state index in [0.717, 1.165) is 23.4 Å². The lowest BCUT2D eigenvalue weighted by Crippen LogP contribution is -2.27. The normalized spacial score (nSPS) is 13.5. The van der Waals surface area contributed by atoms with Gasteiger partial charge in [-0.15, -0.1) is 0 Å². The SMILES string of the molecule is CC(=O)N1CCc2cc(NC(=O)c3ccc(C(C)(C)C)[nH]c3=O)ccc21. The van der Waals surface area contributed by atoms with Gasteiger partial charge in [0.2, 0.25) is 5.91 Å². The lowest BCUT2D eigenvalue weighted by molar-refractivity contribution is -0.116. The van der Waals surface area contributed by atoms with Crippen LogP contribution >= 0.6 is 0 Å². The van der Waals surface area contributed by atoms with Gasteiger partial charge in [0.05, 0.1) is 0 Å². The summed E-state index contributed by atoms with van der Waals surface area (Å²) in [5.74, 6) is -0.445. The molecule has 2 amide bonds. The number of carbonyl (C=O) groups is 2. The van der Waals surface area contributed by atoms with Gasteiger partial charge in [-0.05, 0) is 42.3 Å². The summed E-state index contributed by atoms with van der Waals surface area (Å²) in [6.45, 7) is 8.17. The second-order valence-corrected chi connectivity index (χ2v) is 7.58. The Hall–Kier alpha value is -2.89. The summed E-state index contributed by atoms with van der Waals surface area (Å²) in [5.41, 5.74) is 2.75. The van der Waals surface area contributed by atoms with Gasteiger partial charge in [-0.3, -0.25) is 14.4 Å². The highest BCUT2D eigenvalue weighted by atomic mass is 16.2. The average Bonchev–Trinajstić information content (AvgIpc) is 2.97. The average molecular weight is 353 g/mol. The Bertz CT molecular complexity index is 938. The van der Waals surface area contributed by atoms with E-state index in [-0.39, 0.29) is 16.9 Å². The molecule has 6 nitrogen and oxygen atoms in total. The van der Waals surface area contributed by atoms with Crippen molar-refractivity contribution >= 4 is 23.2 Å². The van der Waals surface area contributed by atoms with Crippen LogP contribution in [-0.4, -0.2) is 23.3 Å². The van der Waals surface area contributed by atoms with E-state index in [1.807, 2.05) is 32.9 Å². The number of fused-ring (bicyclic) bond motifs is 1. The second-order valence-electron chi connectivity index (χ2n) is 7.58. The molecular formula is C20H23N3O3. The van der Waals surface area contributed by atoms with Crippen molar-refractivity contribution in [3.05, 3.63) is 57.5 Å². The molecule has 2 aromatic rings. The molecule has 0 spiro atoms. The van der Waals surface area contributed by atoms with Crippen molar-refractivity contribution in [1.29, 1.82) is 0 Å². The van der Waals surface area contributed by atoms with Crippen LogP contribution in [-0.2, 0) is 16.6 Å². The van der Waals surface area contributed by atoms with Crippen LogP contribution in [0.15, 0.2) is 35.1 Å². The van der Waals surface area contributed by atoms with Crippen LogP contribution < -0.4 is 15.8 Å². The molecule has 0 saturated heterocycles. The molecule has 0 bridgehead atoms. The largest absolute Gasteiger partial charge is 0.325 e. The number of rotatable bonds is 2. The number of amides is 2. The number of anilines is 2. The van der Waals surface area contributed by atoms with Gasteiger partial charge in [0.25, 0.3) is 11.5 Å². The zero-order valence-electron chi connectivity index (χ0n) is 15.5. The molecule has 1 aliphatic heterocycles. The number of H-pyrrole nitrogens is 1. The number of hydrogen-bond acceptors (Lipinski definition) is 3. The number of nitrogens with one attached hydrogen (secondary N) is 2. The van der Waals surface area contributed by atoms with Crippen LogP contribution in [0.3, 0.4) is 0 Å². The summed E-state index contributed by atoms with van der Waals surface area (Å²) in [5, 5.41) is 2.77. The number of pyridine rings is 1. The molecule has 0 radical (unpaired) electrons. The van der Waals surface area contributed by atoms with E-state index in [0.29, 0.717) is 12.2 Å². The van der Waals surface area contributed by atoms with E-state index in [9.17, 15) is 14.4 Å². The molecule has 136 valence electrons. The zero-order valence-corrected chi connectivity index (χ0v) is 15.5. The van der Waals surface area contributed by atoms with Gasteiger partial charge in [-0.2, -0.15) is 0 Å². The molecule has 2 N–H and O–H groups in total. The number of benzene rings is 1. The lowest BCUT2D eigenvalue weighted by Gasteiger charge is -2.18. The standard InChI is InChI=1S/C20H23N3O3/c1-12(24)23-10-9-13-11-14(5-7-16(13)23)21-18(25)15-6-8-17(20(2,3)4)22-19(15)26/h5-8,11H,9-10H2,1-4H3,(H,21,25)(H,22,26). The highest BCUT2D eigenvalue weighted by Gasteiger charge is 2.23. The van der Waals surface area contributed by atoms with Crippen molar-refractivity contribution in [2.75, 3.05) is 16.8 Å². The maximum absolute atomic E-state index is 12.5. The Morgan fingerprint density at radius 1 is 1.15 bits per heavy atom. The molecular weight excluding hydrogens is 330 g/mol. The van der Waals surface area contributed by atoms with Crippen LogP contribution in [0.5, 0.6) is 0 Å². The number of aromatic nitrogens is 1. The molecule has 0 atom stereocenters. The van der Waals surface area contributed by atoms with E-state index >= 15 is 0 Å².